The standard InChI is InChI=1S/C34H31F9N2O5/c1-31(2)24(15-44-29(46)50-31)16-4-9-27(48-3)23(12-16)21-6-5-18(32(35,36)37)14-22(21)25-7-8-26-28(49-30(47)45(25)26)17-10-19(33(38,39)40)13-20(11-17)34(41,42)43/h4-6,9-12,14,19,24-26,28H,7-8,13,15H2,1-3H3,(H,44,46). The second-order valence-corrected chi connectivity index (χ2v) is 13.2. The molecule has 1 aliphatic carbocycles. The molecule has 0 saturated carbocycles. The molecule has 50 heavy (non-hydrogen) atoms. The highest BCUT2D eigenvalue weighted by Gasteiger charge is 2.54. The van der Waals surface area contributed by atoms with E-state index in [1.54, 1.807) is 32.0 Å². The SMILES string of the molecule is COc1ccc(C2CNC(=O)OC2(C)C)cc1-c1ccc(C(F)(F)F)cc1C1CCC2C(C3=CC(C(F)(F)F)CC(C(F)(F)F)=C3)OC(=O)N12. The zero-order chi connectivity index (χ0) is 36.6. The number of ether oxygens (including phenoxy) is 3. The van der Waals surface area contributed by atoms with E-state index in [0.717, 1.165) is 17.0 Å². The summed E-state index contributed by atoms with van der Waals surface area (Å²) in [5, 5.41) is 2.63. The largest absolute Gasteiger partial charge is 0.496 e. The average Bonchev–Trinajstić information content (AvgIpc) is 3.59. The van der Waals surface area contributed by atoms with Crippen molar-refractivity contribution in [1.29, 1.82) is 0 Å². The van der Waals surface area contributed by atoms with Gasteiger partial charge in [0.1, 0.15) is 17.5 Å². The Hall–Kier alpha value is -4.37. The van der Waals surface area contributed by atoms with E-state index < -0.39 is 89.5 Å². The predicted molar refractivity (Wildman–Crippen MR) is 159 cm³/mol. The van der Waals surface area contributed by atoms with Gasteiger partial charge in [-0.2, -0.15) is 39.5 Å². The van der Waals surface area contributed by atoms with E-state index in [1.807, 2.05) is 0 Å². The maximum absolute atomic E-state index is 14.1. The molecule has 1 N–H and O–H groups in total. The smallest absolute Gasteiger partial charge is 0.416 e. The van der Waals surface area contributed by atoms with Crippen molar-refractivity contribution in [2.45, 2.75) is 81.3 Å². The van der Waals surface area contributed by atoms with Gasteiger partial charge in [0.25, 0.3) is 0 Å². The number of allylic oxidation sites excluding steroid dienone is 2. The summed E-state index contributed by atoms with van der Waals surface area (Å²) in [5.74, 6) is -2.61. The van der Waals surface area contributed by atoms with E-state index in [9.17, 15) is 49.1 Å². The van der Waals surface area contributed by atoms with Crippen LogP contribution in [0, 0.1) is 5.92 Å². The number of fused-ring (bicyclic) bond motifs is 1. The molecule has 16 heteroatoms. The Balaban J connectivity index is 1.43. The van der Waals surface area contributed by atoms with Gasteiger partial charge in [0, 0.05) is 23.6 Å². The molecule has 0 aromatic heterocycles. The molecular formula is C34H31F9N2O5. The third kappa shape index (κ3) is 6.48. The quantitative estimate of drug-likeness (QED) is 0.313. The first-order valence-corrected chi connectivity index (χ1v) is 15.6. The van der Waals surface area contributed by atoms with Gasteiger partial charge >= 0.3 is 30.7 Å². The maximum Gasteiger partial charge on any atom is 0.416 e. The van der Waals surface area contributed by atoms with Crippen LogP contribution in [-0.4, -0.2) is 60.8 Å². The topological polar surface area (TPSA) is 77.1 Å². The minimum absolute atomic E-state index is 0.0183. The first-order chi connectivity index (χ1) is 23.2. The minimum Gasteiger partial charge on any atom is -0.496 e. The highest BCUT2D eigenvalue weighted by Crippen LogP contribution is 2.51. The normalized spacial score (nSPS) is 26.8. The van der Waals surface area contributed by atoms with E-state index in [2.05, 4.69) is 5.32 Å². The molecule has 5 unspecified atom stereocenters. The number of rotatable bonds is 5. The number of halogens is 9. The van der Waals surface area contributed by atoms with E-state index in [-0.39, 0.29) is 36.3 Å². The lowest BCUT2D eigenvalue weighted by Crippen LogP contribution is -2.49. The molecule has 4 aliphatic rings. The number of nitrogens with one attached hydrogen (secondary N) is 1. The number of carbonyl (C=O) groups excluding carboxylic acids is 2. The molecule has 3 saturated heterocycles. The van der Waals surface area contributed by atoms with Gasteiger partial charge in [-0.25, -0.2) is 9.59 Å². The molecule has 2 aromatic rings. The molecular weight excluding hydrogens is 687 g/mol. The summed E-state index contributed by atoms with van der Waals surface area (Å²) in [6.07, 6.45) is -18.2. The van der Waals surface area contributed by atoms with Crippen molar-refractivity contribution < 1.29 is 63.3 Å². The van der Waals surface area contributed by atoms with Crippen LogP contribution in [0.2, 0.25) is 0 Å². The number of alkyl halides is 9. The Morgan fingerprint density at radius 1 is 0.920 bits per heavy atom. The summed E-state index contributed by atoms with van der Waals surface area (Å²) in [6, 6.07) is 5.83. The van der Waals surface area contributed by atoms with Crippen LogP contribution in [0.5, 0.6) is 5.75 Å². The fourth-order valence-corrected chi connectivity index (χ4v) is 7.37. The van der Waals surface area contributed by atoms with Crippen molar-refractivity contribution in [3.63, 3.8) is 0 Å². The lowest BCUT2D eigenvalue weighted by molar-refractivity contribution is -0.166. The molecule has 270 valence electrons. The van der Waals surface area contributed by atoms with E-state index in [4.69, 9.17) is 14.2 Å². The zero-order valence-electron chi connectivity index (χ0n) is 26.7. The summed E-state index contributed by atoms with van der Waals surface area (Å²) >= 11 is 0. The second-order valence-electron chi connectivity index (χ2n) is 13.2. The van der Waals surface area contributed by atoms with Gasteiger partial charge < -0.3 is 19.5 Å². The number of nitrogens with zero attached hydrogens (tertiary/aromatic N) is 1. The highest BCUT2D eigenvalue weighted by atomic mass is 19.4. The fourth-order valence-electron chi connectivity index (χ4n) is 7.37. The summed E-state index contributed by atoms with van der Waals surface area (Å²) in [4.78, 5) is 26.4. The summed E-state index contributed by atoms with van der Waals surface area (Å²) in [6.45, 7) is 3.62. The lowest BCUT2D eigenvalue weighted by Gasteiger charge is -2.38. The number of alkyl carbamates (subject to hydrolysis) is 1. The van der Waals surface area contributed by atoms with Crippen LogP contribution >= 0.6 is 0 Å². The lowest BCUT2D eigenvalue weighted by atomic mass is 9.81. The number of hydrogen-bond acceptors (Lipinski definition) is 5. The summed E-state index contributed by atoms with van der Waals surface area (Å²) in [7, 11) is 1.36. The Labute approximate surface area is 280 Å². The van der Waals surface area contributed by atoms with Gasteiger partial charge in [0.15, 0.2) is 0 Å². The second kappa shape index (κ2) is 12.1. The van der Waals surface area contributed by atoms with Gasteiger partial charge in [-0.3, -0.25) is 4.90 Å². The number of cyclic esters (lactones) is 2. The van der Waals surface area contributed by atoms with E-state index in [0.29, 0.717) is 23.3 Å². The Kier molecular flexibility index (Phi) is 8.61. The third-order valence-electron chi connectivity index (χ3n) is 9.80. The van der Waals surface area contributed by atoms with Crippen LogP contribution in [0.1, 0.15) is 61.8 Å². The fraction of sp³-hybridized carbons (Fsp3) is 0.471. The summed E-state index contributed by atoms with van der Waals surface area (Å²) in [5.41, 5.74) is -2.65. The van der Waals surface area contributed by atoms with Crippen molar-refractivity contribution >= 4 is 12.2 Å². The molecule has 0 bridgehead atoms. The van der Waals surface area contributed by atoms with E-state index in [1.165, 1.54) is 13.2 Å². The molecule has 7 nitrogen and oxygen atoms in total. The van der Waals surface area contributed by atoms with Gasteiger partial charge in [0.05, 0.1) is 30.7 Å². The Morgan fingerprint density at radius 2 is 1.64 bits per heavy atom. The van der Waals surface area contributed by atoms with Crippen LogP contribution in [0.4, 0.5) is 49.1 Å². The number of methoxy groups -OCH3 is 1. The number of amides is 2. The van der Waals surface area contributed by atoms with Crippen molar-refractivity contribution in [2.75, 3.05) is 13.7 Å². The molecule has 2 amide bonds. The van der Waals surface area contributed by atoms with Crippen molar-refractivity contribution in [2.24, 2.45) is 5.92 Å². The van der Waals surface area contributed by atoms with Gasteiger partial charge in [-0.15, -0.1) is 0 Å². The number of carbonyl (C=O) groups is 2. The molecule has 0 radical (unpaired) electrons. The first kappa shape index (κ1) is 35.5. The van der Waals surface area contributed by atoms with Crippen molar-refractivity contribution in [3.8, 4) is 16.9 Å². The zero-order valence-corrected chi connectivity index (χ0v) is 26.7. The van der Waals surface area contributed by atoms with Crippen LogP contribution in [0.3, 0.4) is 0 Å². The molecule has 3 aliphatic heterocycles. The van der Waals surface area contributed by atoms with Gasteiger partial charge in [-0.05, 0) is 85.7 Å². The monoisotopic (exact) mass is 718 g/mol. The van der Waals surface area contributed by atoms with Crippen LogP contribution in [0.15, 0.2) is 59.7 Å². The van der Waals surface area contributed by atoms with Crippen molar-refractivity contribution in [1.82, 2.24) is 10.2 Å². The Morgan fingerprint density at radius 3 is 2.26 bits per heavy atom. The molecule has 3 fully saturated rings. The molecule has 0 spiro atoms. The highest BCUT2D eigenvalue weighted by molar-refractivity contribution is 5.78. The van der Waals surface area contributed by atoms with Gasteiger partial charge in [0.2, 0.25) is 0 Å². The maximum atomic E-state index is 14.1. The predicted octanol–water partition coefficient (Wildman–Crippen LogP) is 9.00. The average molecular weight is 719 g/mol. The van der Waals surface area contributed by atoms with Crippen molar-refractivity contribution in [3.05, 3.63) is 76.4 Å². The minimum atomic E-state index is -5.07. The first-order valence-electron chi connectivity index (χ1n) is 15.6. The van der Waals surface area contributed by atoms with E-state index >= 15 is 0 Å². The van der Waals surface area contributed by atoms with Gasteiger partial charge in [-0.1, -0.05) is 18.2 Å². The molecule has 5 atom stereocenters. The third-order valence-corrected chi connectivity index (χ3v) is 9.80. The number of benzene rings is 2. The number of hydrogen-bond donors (Lipinski definition) is 1. The van der Waals surface area contributed by atoms with Crippen LogP contribution < -0.4 is 10.1 Å². The van der Waals surface area contributed by atoms with Crippen LogP contribution in [0.25, 0.3) is 11.1 Å². The van der Waals surface area contributed by atoms with Crippen LogP contribution in [-0.2, 0) is 15.7 Å². The molecule has 3 heterocycles. The molecule has 2 aromatic carbocycles. The summed E-state index contributed by atoms with van der Waals surface area (Å²) < 4.78 is 141. The Bertz CT molecular complexity index is 1760. The molecule has 6 rings (SSSR count).